The van der Waals surface area contributed by atoms with Crippen LogP contribution in [0, 0.1) is 17.6 Å². The van der Waals surface area contributed by atoms with Crippen LogP contribution in [-0.4, -0.2) is 35.2 Å². The molecular weight excluding hydrogens is 344 g/mol. The fraction of sp³-hybridized carbons (Fsp3) is 0.500. The number of halogens is 2. The van der Waals surface area contributed by atoms with Crippen molar-refractivity contribution in [2.75, 3.05) is 17.2 Å². The number of nitrogens with one attached hydrogen (secondary N) is 2. The van der Waals surface area contributed by atoms with E-state index < -0.39 is 29.4 Å². The Hall–Kier alpha value is -2.51. The second kappa shape index (κ2) is 7.39. The largest absolute Gasteiger partial charge is 0.339 e. The number of hydrogen-bond donors (Lipinski definition) is 2. The zero-order chi connectivity index (χ0) is 18.8. The van der Waals surface area contributed by atoms with Gasteiger partial charge >= 0.3 is 0 Å². The molecule has 6 nitrogen and oxygen atoms in total. The minimum atomic E-state index is -0.943. The highest BCUT2D eigenvalue weighted by molar-refractivity contribution is 5.98. The molecule has 0 unspecified atom stereocenters. The topological polar surface area (TPSA) is 78.5 Å². The van der Waals surface area contributed by atoms with Gasteiger partial charge in [-0.25, -0.2) is 8.78 Å². The maximum Gasteiger partial charge on any atom is 0.229 e. The van der Waals surface area contributed by atoms with E-state index in [1.165, 1.54) is 6.92 Å². The van der Waals surface area contributed by atoms with E-state index >= 15 is 0 Å². The number of anilines is 2. The fourth-order valence-corrected chi connectivity index (χ4v) is 3.64. The molecule has 1 atom stereocenters. The van der Waals surface area contributed by atoms with E-state index in [-0.39, 0.29) is 29.7 Å². The number of hydrogen-bond acceptors (Lipinski definition) is 3. The molecule has 0 bridgehead atoms. The quantitative estimate of drug-likeness (QED) is 0.861. The standard InChI is InChI=1S/C18H21F2N3O3/c1-10(24)21-15-8-16(14(20)7-13(15)19)22-18(26)11-6-17(25)23(9-11)12-4-2-3-5-12/h7-8,11-12H,2-6,9H2,1H3,(H,21,24)(H,22,26)/t11-/m0/s1. The molecule has 1 aromatic rings. The Morgan fingerprint density at radius 2 is 1.69 bits per heavy atom. The normalized spacial score (nSPS) is 20.5. The van der Waals surface area contributed by atoms with Gasteiger partial charge < -0.3 is 15.5 Å². The van der Waals surface area contributed by atoms with Crippen molar-refractivity contribution in [2.24, 2.45) is 5.92 Å². The first kappa shape index (κ1) is 18.3. The van der Waals surface area contributed by atoms with Gasteiger partial charge in [0, 0.05) is 32.0 Å². The van der Waals surface area contributed by atoms with Gasteiger partial charge in [-0.3, -0.25) is 14.4 Å². The molecule has 8 heteroatoms. The molecule has 140 valence electrons. The molecule has 3 rings (SSSR count). The summed E-state index contributed by atoms with van der Waals surface area (Å²) in [4.78, 5) is 37.5. The number of likely N-dealkylation sites (tertiary alicyclic amines) is 1. The van der Waals surface area contributed by atoms with E-state index in [1.54, 1.807) is 4.90 Å². The predicted octanol–water partition coefficient (Wildman–Crippen LogP) is 2.65. The molecule has 1 heterocycles. The minimum Gasteiger partial charge on any atom is -0.339 e. The fourth-order valence-electron chi connectivity index (χ4n) is 3.64. The smallest absolute Gasteiger partial charge is 0.229 e. The van der Waals surface area contributed by atoms with Crippen LogP contribution in [0.3, 0.4) is 0 Å². The zero-order valence-corrected chi connectivity index (χ0v) is 14.5. The lowest BCUT2D eigenvalue weighted by Crippen LogP contribution is -2.35. The summed E-state index contributed by atoms with van der Waals surface area (Å²) >= 11 is 0. The van der Waals surface area contributed by atoms with Crippen molar-refractivity contribution in [1.82, 2.24) is 4.90 Å². The minimum absolute atomic E-state index is 0.0597. The maximum absolute atomic E-state index is 14.0. The Bertz CT molecular complexity index is 747. The highest BCUT2D eigenvalue weighted by Crippen LogP contribution is 2.30. The summed E-state index contributed by atoms with van der Waals surface area (Å²) in [5.74, 6) is -3.51. The van der Waals surface area contributed by atoms with Gasteiger partial charge in [0.1, 0.15) is 11.6 Å². The van der Waals surface area contributed by atoms with Crippen molar-refractivity contribution in [1.29, 1.82) is 0 Å². The van der Waals surface area contributed by atoms with Crippen LogP contribution >= 0.6 is 0 Å². The molecule has 1 aliphatic heterocycles. The molecule has 26 heavy (non-hydrogen) atoms. The van der Waals surface area contributed by atoms with E-state index in [0.29, 0.717) is 12.6 Å². The van der Waals surface area contributed by atoms with Crippen LogP contribution in [0.25, 0.3) is 0 Å². The van der Waals surface area contributed by atoms with Gasteiger partial charge in [0.2, 0.25) is 17.7 Å². The van der Waals surface area contributed by atoms with E-state index in [9.17, 15) is 23.2 Å². The van der Waals surface area contributed by atoms with Crippen molar-refractivity contribution in [3.8, 4) is 0 Å². The van der Waals surface area contributed by atoms with Gasteiger partial charge in [0.25, 0.3) is 0 Å². The molecule has 2 aliphatic rings. The van der Waals surface area contributed by atoms with Crippen LogP contribution in [-0.2, 0) is 14.4 Å². The van der Waals surface area contributed by atoms with Gasteiger partial charge in [-0.2, -0.15) is 0 Å². The number of carbonyl (C=O) groups is 3. The number of carbonyl (C=O) groups excluding carboxylic acids is 3. The Labute approximate surface area is 149 Å². The lowest BCUT2D eigenvalue weighted by molar-refractivity contribution is -0.130. The molecule has 1 aliphatic carbocycles. The summed E-state index contributed by atoms with van der Waals surface area (Å²) in [7, 11) is 0. The molecule has 3 amide bonds. The highest BCUT2D eigenvalue weighted by Gasteiger charge is 2.38. The first-order valence-corrected chi connectivity index (χ1v) is 8.72. The lowest BCUT2D eigenvalue weighted by Gasteiger charge is -2.23. The molecule has 1 saturated heterocycles. The summed E-state index contributed by atoms with van der Waals surface area (Å²) in [6, 6.07) is 1.83. The zero-order valence-electron chi connectivity index (χ0n) is 14.5. The van der Waals surface area contributed by atoms with Crippen molar-refractivity contribution >= 4 is 29.1 Å². The first-order valence-electron chi connectivity index (χ1n) is 8.72. The van der Waals surface area contributed by atoms with Crippen LogP contribution in [0.5, 0.6) is 0 Å². The average molecular weight is 365 g/mol. The Kier molecular flexibility index (Phi) is 5.20. The maximum atomic E-state index is 14.0. The van der Waals surface area contributed by atoms with E-state index in [2.05, 4.69) is 10.6 Å². The molecule has 2 N–H and O–H groups in total. The Balaban J connectivity index is 1.70. The predicted molar refractivity (Wildman–Crippen MR) is 91.4 cm³/mol. The molecule has 1 aromatic carbocycles. The summed E-state index contributed by atoms with van der Waals surface area (Å²) in [5.41, 5.74) is -0.448. The van der Waals surface area contributed by atoms with Crippen molar-refractivity contribution < 1.29 is 23.2 Å². The van der Waals surface area contributed by atoms with Crippen molar-refractivity contribution in [3.63, 3.8) is 0 Å². The third-order valence-electron chi connectivity index (χ3n) is 4.92. The Morgan fingerprint density at radius 1 is 1.08 bits per heavy atom. The van der Waals surface area contributed by atoms with Crippen LogP contribution in [0.1, 0.15) is 39.0 Å². The van der Waals surface area contributed by atoms with E-state index in [0.717, 1.165) is 31.7 Å². The second-order valence-corrected chi connectivity index (χ2v) is 6.87. The van der Waals surface area contributed by atoms with Crippen molar-refractivity contribution in [3.05, 3.63) is 23.8 Å². The van der Waals surface area contributed by atoms with Crippen LogP contribution in [0.4, 0.5) is 20.2 Å². The molecule has 0 aromatic heterocycles. The van der Waals surface area contributed by atoms with Crippen LogP contribution in [0.2, 0.25) is 0 Å². The van der Waals surface area contributed by atoms with Crippen LogP contribution in [0.15, 0.2) is 12.1 Å². The monoisotopic (exact) mass is 365 g/mol. The Morgan fingerprint density at radius 3 is 2.31 bits per heavy atom. The third-order valence-corrected chi connectivity index (χ3v) is 4.92. The van der Waals surface area contributed by atoms with Gasteiger partial charge in [-0.15, -0.1) is 0 Å². The molecule has 1 saturated carbocycles. The van der Waals surface area contributed by atoms with Gasteiger partial charge in [-0.05, 0) is 18.9 Å². The summed E-state index contributed by atoms with van der Waals surface area (Å²) in [6.45, 7) is 1.51. The van der Waals surface area contributed by atoms with Crippen molar-refractivity contribution in [2.45, 2.75) is 45.1 Å². The summed E-state index contributed by atoms with van der Waals surface area (Å²) in [5, 5.41) is 4.65. The van der Waals surface area contributed by atoms with Crippen LogP contribution < -0.4 is 10.6 Å². The second-order valence-electron chi connectivity index (χ2n) is 6.87. The van der Waals surface area contributed by atoms with Gasteiger partial charge in [-0.1, -0.05) is 12.8 Å². The molecule has 2 fully saturated rings. The van der Waals surface area contributed by atoms with Gasteiger partial charge in [0.05, 0.1) is 17.3 Å². The lowest BCUT2D eigenvalue weighted by atomic mass is 10.1. The average Bonchev–Trinajstić information content (AvgIpc) is 3.20. The molecule has 0 spiro atoms. The molecule has 0 radical (unpaired) electrons. The molecular formula is C18H21F2N3O3. The van der Waals surface area contributed by atoms with E-state index in [1.807, 2.05) is 0 Å². The SMILES string of the molecule is CC(=O)Nc1cc(NC(=O)[C@H]2CC(=O)N(C3CCCC3)C2)c(F)cc1F. The summed E-state index contributed by atoms with van der Waals surface area (Å²) in [6.07, 6.45) is 4.15. The van der Waals surface area contributed by atoms with Gasteiger partial charge in [0.15, 0.2) is 0 Å². The number of benzene rings is 1. The van der Waals surface area contributed by atoms with E-state index in [4.69, 9.17) is 0 Å². The first-order chi connectivity index (χ1) is 12.3. The number of nitrogens with zero attached hydrogens (tertiary/aromatic N) is 1. The number of rotatable bonds is 4. The summed E-state index contributed by atoms with van der Waals surface area (Å²) < 4.78 is 27.7. The highest BCUT2D eigenvalue weighted by atomic mass is 19.1. The third kappa shape index (κ3) is 3.84. The number of amides is 3.